The highest BCUT2D eigenvalue weighted by Crippen LogP contribution is 2.29. The predicted octanol–water partition coefficient (Wildman–Crippen LogP) is 3.89. The molecule has 0 unspecified atom stereocenters. The molecular weight excluding hydrogens is 416 g/mol. The molecule has 8 nitrogen and oxygen atoms in total. The zero-order chi connectivity index (χ0) is 22.6. The van der Waals surface area contributed by atoms with Gasteiger partial charge in [-0.05, 0) is 46.8 Å². The fourth-order valence-electron chi connectivity index (χ4n) is 3.34. The number of thiazole rings is 1. The molecule has 2 heterocycles. The number of hydrogen-bond donors (Lipinski definition) is 2. The van der Waals surface area contributed by atoms with E-state index in [0.717, 1.165) is 30.0 Å². The first-order chi connectivity index (χ1) is 14.6. The van der Waals surface area contributed by atoms with Crippen molar-refractivity contribution >= 4 is 34.2 Å². The number of alkyl carbamates (subject to hydrolysis) is 1. The first-order valence-electron chi connectivity index (χ1n) is 10.3. The van der Waals surface area contributed by atoms with Gasteiger partial charge in [0.1, 0.15) is 12.1 Å². The highest BCUT2D eigenvalue weighted by molar-refractivity contribution is 7.14. The first kappa shape index (κ1) is 23.0. The first-order valence-corrected chi connectivity index (χ1v) is 11.2. The summed E-state index contributed by atoms with van der Waals surface area (Å²) in [7, 11) is 0. The Hall–Kier alpha value is -2.65. The average Bonchev–Trinajstić information content (AvgIpc) is 3.13. The van der Waals surface area contributed by atoms with Gasteiger partial charge in [0.05, 0.1) is 17.9 Å². The Labute approximate surface area is 186 Å². The standard InChI is InChI=1S/C22H30N4O4S/c1-14-11-26(12-15(2)29-14)17-8-6-7-16(9-17)18-13-31-20(24-18)25-19(27)10-23-21(28)30-22(3,4)5/h6-9,13-15H,10-12H2,1-5H3,(H,23,28)(H,24,25,27)/t14-,15-/m0/s1. The van der Waals surface area contributed by atoms with E-state index in [1.54, 1.807) is 20.8 Å². The van der Waals surface area contributed by atoms with E-state index in [1.807, 2.05) is 17.5 Å². The molecule has 2 N–H and O–H groups in total. The fraction of sp³-hybridized carbons (Fsp3) is 0.500. The number of aromatic nitrogens is 1. The number of hydrogen-bond acceptors (Lipinski definition) is 7. The van der Waals surface area contributed by atoms with Crippen molar-refractivity contribution in [2.45, 2.75) is 52.4 Å². The van der Waals surface area contributed by atoms with Gasteiger partial charge in [-0.2, -0.15) is 0 Å². The van der Waals surface area contributed by atoms with Crippen molar-refractivity contribution < 1.29 is 19.1 Å². The molecule has 0 spiro atoms. The van der Waals surface area contributed by atoms with Crippen LogP contribution in [0.25, 0.3) is 11.3 Å². The van der Waals surface area contributed by atoms with Crippen LogP contribution < -0.4 is 15.5 Å². The zero-order valence-electron chi connectivity index (χ0n) is 18.6. The number of anilines is 2. The topological polar surface area (TPSA) is 92.8 Å². The SMILES string of the molecule is C[C@H]1CN(c2cccc(-c3csc(NC(=O)CNC(=O)OC(C)(C)C)n3)c2)C[C@H](C)O1. The molecular formula is C22H30N4O4S. The molecule has 2 atom stereocenters. The molecule has 3 rings (SSSR count). The molecule has 168 valence electrons. The molecule has 0 radical (unpaired) electrons. The second-order valence-corrected chi connectivity index (χ2v) is 9.51. The Bertz CT molecular complexity index is 914. The lowest BCUT2D eigenvalue weighted by atomic mass is 10.1. The second-order valence-electron chi connectivity index (χ2n) is 8.65. The molecule has 1 aromatic heterocycles. The third kappa shape index (κ3) is 6.93. The van der Waals surface area contributed by atoms with E-state index >= 15 is 0 Å². The number of morpholine rings is 1. The van der Waals surface area contributed by atoms with E-state index in [1.165, 1.54) is 11.3 Å². The minimum atomic E-state index is -0.633. The van der Waals surface area contributed by atoms with Crippen LogP contribution in [-0.4, -0.2) is 54.4 Å². The summed E-state index contributed by atoms with van der Waals surface area (Å²) in [5.74, 6) is -0.364. The molecule has 9 heteroatoms. The third-order valence-corrected chi connectivity index (χ3v) is 5.23. The molecule has 1 fully saturated rings. The third-order valence-electron chi connectivity index (χ3n) is 4.47. The van der Waals surface area contributed by atoms with Crippen LogP contribution in [0.3, 0.4) is 0 Å². The molecule has 2 aromatic rings. The van der Waals surface area contributed by atoms with Crippen molar-refractivity contribution in [2.75, 3.05) is 29.9 Å². The van der Waals surface area contributed by atoms with Crippen molar-refractivity contribution in [3.8, 4) is 11.3 Å². The van der Waals surface area contributed by atoms with Crippen molar-refractivity contribution in [1.82, 2.24) is 10.3 Å². The monoisotopic (exact) mass is 446 g/mol. The Morgan fingerprint density at radius 3 is 2.65 bits per heavy atom. The molecule has 31 heavy (non-hydrogen) atoms. The molecule has 1 aliphatic heterocycles. The van der Waals surface area contributed by atoms with Gasteiger partial charge < -0.3 is 25.0 Å². The number of rotatable bonds is 5. The molecule has 0 saturated carbocycles. The number of nitrogens with one attached hydrogen (secondary N) is 2. The zero-order valence-corrected chi connectivity index (χ0v) is 19.4. The molecule has 1 saturated heterocycles. The summed E-state index contributed by atoms with van der Waals surface area (Å²) >= 11 is 1.34. The van der Waals surface area contributed by atoms with Crippen LogP contribution in [0.2, 0.25) is 0 Å². The van der Waals surface area contributed by atoms with Gasteiger partial charge in [0, 0.05) is 29.7 Å². The van der Waals surface area contributed by atoms with Gasteiger partial charge >= 0.3 is 6.09 Å². The van der Waals surface area contributed by atoms with Gasteiger partial charge in [-0.1, -0.05) is 12.1 Å². The summed E-state index contributed by atoms with van der Waals surface area (Å²) in [6.07, 6.45) is -0.267. The van der Waals surface area contributed by atoms with Gasteiger partial charge in [-0.25, -0.2) is 9.78 Å². The lowest BCUT2D eigenvalue weighted by molar-refractivity contribution is -0.115. The van der Waals surface area contributed by atoms with E-state index < -0.39 is 11.7 Å². The molecule has 2 amide bonds. The minimum absolute atomic E-state index is 0.183. The molecule has 0 aliphatic carbocycles. The Morgan fingerprint density at radius 1 is 1.26 bits per heavy atom. The quantitative estimate of drug-likeness (QED) is 0.724. The van der Waals surface area contributed by atoms with Crippen LogP contribution in [0.5, 0.6) is 0 Å². The molecule has 1 aliphatic rings. The smallest absolute Gasteiger partial charge is 0.408 e. The normalized spacial score (nSPS) is 19.1. The van der Waals surface area contributed by atoms with E-state index in [2.05, 4.69) is 46.5 Å². The molecule has 1 aromatic carbocycles. The van der Waals surface area contributed by atoms with Crippen LogP contribution in [0.4, 0.5) is 15.6 Å². The average molecular weight is 447 g/mol. The predicted molar refractivity (Wildman–Crippen MR) is 123 cm³/mol. The summed E-state index contributed by atoms with van der Waals surface area (Å²) in [6, 6.07) is 8.21. The van der Waals surface area contributed by atoms with Gasteiger partial charge in [-0.15, -0.1) is 11.3 Å². The Kier molecular flexibility index (Phi) is 7.17. The lowest BCUT2D eigenvalue weighted by Crippen LogP contribution is -2.45. The van der Waals surface area contributed by atoms with E-state index in [-0.39, 0.29) is 24.7 Å². The maximum atomic E-state index is 12.1. The van der Waals surface area contributed by atoms with Crippen molar-refractivity contribution in [3.05, 3.63) is 29.6 Å². The van der Waals surface area contributed by atoms with Crippen molar-refractivity contribution in [1.29, 1.82) is 0 Å². The van der Waals surface area contributed by atoms with Gasteiger partial charge in [0.2, 0.25) is 5.91 Å². The summed E-state index contributed by atoms with van der Waals surface area (Å²) in [5, 5.41) is 7.53. The summed E-state index contributed by atoms with van der Waals surface area (Å²) < 4.78 is 10.9. The van der Waals surface area contributed by atoms with Crippen LogP contribution in [-0.2, 0) is 14.3 Å². The van der Waals surface area contributed by atoms with Crippen LogP contribution >= 0.6 is 11.3 Å². The maximum Gasteiger partial charge on any atom is 0.408 e. The van der Waals surface area contributed by atoms with Crippen LogP contribution in [0.1, 0.15) is 34.6 Å². The van der Waals surface area contributed by atoms with Crippen molar-refractivity contribution in [3.63, 3.8) is 0 Å². The number of amides is 2. The van der Waals surface area contributed by atoms with Gasteiger partial charge in [0.25, 0.3) is 0 Å². The number of nitrogens with zero attached hydrogens (tertiary/aromatic N) is 2. The minimum Gasteiger partial charge on any atom is -0.444 e. The Balaban J connectivity index is 1.59. The fourth-order valence-corrected chi connectivity index (χ4v) is 4.08. The van der Waals surface area contributed by atoms with E-state index in [0.29, 0.717) is 5.13 Å². The number of ether oxygens (including phenoxy) is 2. The number of benzene rings is 1. The summed E-state index contributed by atoms with van der Waals surface area (Å²) in [5.41, 5.74) is 2.28. The lowest BCUT2D eigenvalue weighted by Gasteiger charge is -2.37. The second kappa shape index (κ2) is 9.65. The summed E-state index contributed by atoms with van der Waals surface area (Å²) in [4.78, 5) is 30.6. The molecule has 0 bridgehead atoms. The number of carbonyl (C=O) groups is 2. The largest absolute Gasteiger partial charge is 0.444 e. The van der Waals surface area contributed by atoms with Gasteiger partial charge in [-0.3, -0.25) is 4.79 Å². The summed E-state index contributed by atoms with van der Waals surface area (Å²) in [6.45, 7) is 11.0. The van der Waals surface area contributed by atoms with E-state index in [9.17, 15) is 9.59 Å². The number of carbonyl (C=O) groups excluding carboxylic acids is 2. The maximum absolute atomic E-state index is 12.1. The van der Waals surface area contributed by atoms with Crippen molar-refractivity contribution in [2.24, 2.45) is 0 Å². The van der Waals surface area contributed by atoms with Gasteiger partial charge in [0.15, 0.2) is 5.13 Å². The highest BCUT2D eigenvalue weighted by atomic mass is 32.1. The van der Waals surface area contributed by atoms with Crippen LogP contribution in [0.15, 0.2) is 29.6 Å². The highest BCUT2D eigenvalue weighted by Gasteiger charge is 2.23. The van der Waals surface area contributed by atoms with Crippen LogP contribution in [0, 0.1) is 0 Å². The Morgan fingerprint density at radius 2 is 1.97 bits per heavy atom. The van der Waals surface area contributed by atoms with E-state index in [4.69, 9.17) is 9.47 Å².